The lowest BCUT2D eigenvalue weighted by atomic mass is 10.2. The molecule has 0 saturated heterocycles. The van der Waals surface area contributed by atoms with Crippen molar-refractivity contribution in [3.05, 3.63) is 22.7 Å². The van der Waals surface area contributed by atoms with Gasteiger partial charge in [0.2, 0.25) is 0 Å². The molecule has 0 bridgehead atoms. The first-order chi connectivity index (χ1) is 8.52. The van der Waals surface area contributed by atoms with Crippen molar-refractivity contribution < 1.29 is 14.7 Å². The van der Waals surface area contributed by atoms with Gasteiger partial charge in [-0.05, 0) is 19.1 Å². The highest BCUT2D eigenvalue weighted by atomic mass is 32.1. The van der Waals surface area contributed by atoms with E-state index in [9.17, 15) is 9.59 Å². The molecule has 2 aromatic rings. The molecule has 1 aromatic carbocycles. The normalized spacial score (nSPS) is 10.5. The van der Waals surface area contributed by atoms with E-state index in [0.29, 0.717) is 16.8 Å². The number of aromatic nitrogens is 1. The summed E-state index contributed by atoms with van der Waals surface area (Å²) in [7, 11) is 0. The molecule has 18 heavy (non-hydrogen) atoms. The number of thiazole rings is 1. The quantitative estimate of drug-likeness (QED) is 0.726. The number of nitrogen functional groups attached to an aromatic ring is 1. The summed E-state index contributed by atoms with van der Waals surface area (Å²) in [5.41, 5.74) is 6.55. The van der Waals surface area contributed by atoms with Crippen molar-refractivity contribution in [3.8, 4) is 0 Å². The molecule has 1 heterocycles. The van der Waals surface area contributed by atoms with Gasteiger partial charge in [-0.3, -0.25) is 4.79 Å². The number of anilines is 1. The topological polar surface area (TPSA) is 105 Å². The maximum absolute atomic E-state index is 11.6. The molecular weight excluding hydrogens is 254 g/mol. The van der Waals surface area contributed by atoms with Gasteiger partial charge in [0.15, 0.2) is 5.01 Å². The number of hydrogen-bond acceptors (Lipinski definition) is 5. The van der Waals surface area contributed by atoms with Gasteiger partial charge < -0.3 is 16.2 Å². The number of carboxylic acid groups (broad SMARTS) is 1. The average molecular weight is 265 g/mol. The van der Waals surface area contributed by atoms with E-state index >= 15 is 0 Å². The van der Waals surface area contributed by atoms with Crippen LogP contribution in [0.25, 0.3) is 10.2 Å². The minimum Gasteiger partial charge on any atom is -0.478 e. The van der Waals surface area contributed by atoms with Crippen LogP contribution in [0.2, 0.25) is 0 Å². The zero-order valence-corrected chi connectivity index (χ0v) is 10.4. The van der Waals surface area contributed by atoms with Crippen LogP contribution in [0.4, 0.5) is 5.69 Å². The summed E-state index contributed by atoms with van der Waals surface area (Å²) in [6.45, 7) is 2.31. The van der Waals surface area contributed by atoms with Crippen LogP contribution in [0.1, 0.15) is 27.1 Å². The third-order valence-electron chi connectivity index (χ3n) is 2.30. The summed E-state index contributed by atoms with van der Waals surface area (Å²) in [4.78, 5) is 26.6. The van der Waals surface area contributed by atoms with E-state index in [1.54, 1.807) is 0 Å². The van der Waals surface area contributed by atoms with Gasteiger partial charge in [-0.15, -0.1) is 11.3 Å². The Morgan fingerprint density at radius 1 is 1.50 bits per heavy atom. The lowest BCUT2D eigenvalue weighted by molar-refractivity contribution is 0.0697. The summed E-state index contributed by atoms with van der Waals surface area (Å²) in [6, 6.07) is 2.81. The van der Waals surface area contributed by atoms with E-state index in [2.05, 4.69) is 10.3 Å². The molecule has 0 aliphatic carbocycles. The number of carboxylic acids is 1. The number of amides is 1. The highest BCUT2D eigenvalue weighted by Gasteiger charge is 2.15. The van der Waals surface area contributed by atoms with Gasteiger partial charge in [-0.2, -0.15) is 0 Å². The van der Waals surface area contributed by atoms with Crippen LogP contribution in [0, 0.1) is 0 Å². The van der Waals surface area contributed by atoms with Crippen LogP contribution in [-0.4, -0.2) is 28.5 Å². The molecule has 0 saturated carbocycles. The summed E-state index contributed by atoms with van der Waals surface area (Å²) >= 11 is 1.12. The number of nitrogens with zero attached hydrogens (tertiary/aromatic N) is 1. The Kier molecular flexibility index (Phi) is 3.15. The Bertz CT molecular complexity index is 636. The van der Waals surface area contributed by atoms with Crippen LogP contribution in [-0.2, 0) is 0 Å². The average Bonchev–Trinajstić information content (AvgIpc) is 2.73. The van der Waals surface area contributed by atoms with E-state index in [4.69, 9.17) is 10.8 Å². The van der Waals surface area contributed by atoms with Crippen molar-refractivity contribution in [2.24, 2.45) is 0 Å². The van der Waals surface area contributed by atoms with E-state index in [0.717, 1.165) is 11.3 Å². The Morgan fingerprint density at radius 3 is 2.83 bits per heavy atom. The first kappa shape index (κ1) is 12.3. The fourth-order valence-electron chi connectivity index (χ4n) is 1.51. The number of nitrogens with one attached hydrogen (secondary N) is 1. The molecule has 0 spiro atoms. The lowest BCUT2D eigenvalue weighted by Crippen LogP contribution is -2.22. The monoisotopic (exact) mass is 265 g/mol. The van der Waals surface area contributed by atoms with Gasteiger partial charge in [-0.25, -0.2) is 9.78 Å². The first-order valence-corrected chi connectivity index (χ1v) is 6.06. The van der Waals surface area contributed by atoms with Crippen LogP contribution < -0.4 is 11.1 Å². The van der Waals surface area contributed by atoms with Crippen molar-refractivity contribution in [3.63, 3.8) is 0 Å². The molecule has 4 N–H and O–H groups in total. The molecule has 0 radical (unpaired) electrons. The summed E-state index contributed by atoms with van der Waals surface area (Å²) < 4.78 is 0.591. The summed E-state index contributed by atoms with van der Waals surface area (Å²) in [6.07, 6.45) is 0. The zero-order valence-electron chi connectivity index (χ0n) is 9.56. The van der Waals surface area contributed by atoms with Crippen molar-refractivity contribution in [2.75, 3.05) is 12.3 Å². The third kappa shape index (κ3) is 2.12. The highest BCUT2D eigenvalue weighted by Crippen LogP contribution is 2.28. The number of aromatic carboxylic acids is 1. The Balaban J connectivity index is 2.54. The molecule has 94 valence electrons. The van der Waals surface area contributed by atoms with Crippen LogP contribution >= 0.6 is 11.3 Å². The van der Waals surface area contributed by atoms with Gasteiger partial charge in [0, 0.05) is 6.54 Å². The SMILES string of the molecule is CCNC(=O)c1nc2c(N)cc(C(=O)O)cc2s1. The number of fused-ring (bicyclic) bond motifs is 1. The Labute approximate surface area is 106 Å². The fourth-order valence-corrected chi connectivity index (χ4v) is 2.47. The fraction of sp³-hybridized carbons (Fsp3) is 0.182. The molecule has 0 atom stereocenters. The van der Waals surface area contributed by atoms with Gasteiger partial charge in [-0.1, -0.05) is 0 Å². The van der Waals surface area contributed by atoms with Crippen LogP contribution in [0.5, 0.6) is 0 Å². The number of carbonyl (C=O) groups is 2. The predicted molar refractivity (Wildman–Crippen MR) is 69.0 cm³/mol. The molecule has 0 aliphatic heterocycles. The molecule has 1 aromatic heterocycles. The molecule has 2 rings (SSSR count). The second-order valence-electron chi connectivity index (χ2n) is 3.60. The smallest absolute Gasteiger partial charge is 0.335 e. The molecular formula is C11H11N3O3S. The lowest BCUT2D eigenvalue weighted by Gasteiger charge is -1.97. The van der Waals surface area contributed by atoms with Crippen molar-refractivity contribution in [1.29, 1.82) is 0 Å². The van der Waals surface area contributed by atoms with Crippen molar-refractivity contribution in [2.45, 2.75) is 6.92 Å². The molecule has 7 heteroatoms. The van der Waals surface area contributed by atoms with E-state index in [-0.39, 0.29) is 22.2 Å². The number of carbonyl (C=O) groups excluding carboxylic acids is 1. The zero-order chi connectivity index (χ0) is 13.3. The van der Waals surface area contributed by atoms with Crippen molar-refractivity contribution >= 4 is 39.1 Å². The highest BCUT2D eigenvalue weighted by molar-refractivity contribution is 7.20. The largest absolute Gasteiger partial charge is 0.478 e. The molecule has 6 nitrogen and oxygen atoms in total. The minimum atomic E-state index is -1.06. The Hall–Kier alpha value is -2.15. The first-order valence-electron chi connectivity index (χ1n) is 5.24. The number of rotatable bonds is 3. The van der Waals surface area contributed by atoms with Gasteiger partial charge >= 0.3 is 5.97 Å². The minimum absolute atomic E-state index is 0.0890. The van der Waals surface area contributed by atoms with E-state index in [1.807, 2.05) is 6.92 Å². The number of benzene rings is 1. The number of hydrogen-bond donors (Lipinski definition) is 3. The standard InChI is InChI=1S/C11H11N3O3S/c1-2-13-9(15)10-14-8-6(12)3-5(11(16)17)4-7(8)18-10/h3-4H,2,12H2,1H3,(H,13,15)(H,16,17). The van der Waals surface area contributed by atoms with Gasteiger partial charge in [0.05, 0.1) is 16.0 Å². The summed E-state index contributed by atoms with van der Waals surface area (Å²) in [5.74, 6) is -1.34. The molecule has 0 fully saturated rings. The van der Waals surface area contributed by atoms with Gasteiger partial charge in [0.1, 0.15) is 5.52 Å². The maximum atomic E-state index is 11.6. The van der Waals surface area contributed by atoms with Crippen molar-refractivity contribution in [1.82, 2.24) is 10.3 Å². The second kappa shape index (κ2) is 4.61. The van der Waals surface area contributed by atoms with Gasteiger partial charge in [0.25, 0.3) is 5.91 Å². The third-order valence-corrected chi connectivity index (χ3v) is 3.30. The Morgan fingerprint density at radius 2 is 2.22 bits per heavy atom. The summed E-state index contributed by atoms with van der Waals surface area (Å²) in [5, 5.41) is 11.8. The molecule has 0 aliphatic rings. The molecule has 0 unspecified atom stereocenters. The van der Waals surface area contributed by atoms with Crippen LogP contribution in [0.3, 0.4) is 0 Å². The maximum Gasteiger partial charge on any atom is 0.335 e. The van der Waals surface area contributed by atoms with E-state index in [1.165, 1.54) is 12.1 Å². The second-order valence-corrected chi connectivity index (χ2v) is 4.63. The van der Waals surface area contributed by atoms with E-state index < -0.39 is 5.97 Å². The molecule has 1 amide bonds. The van der Waals surface area contributed by atoms with Crippen LogP contribution in [0.15, 0.2) is 12.1 Å². The predicted octanol–water partition coefficient (Wildman–Crippen LogP) is 1.33. The number of nitrogens with two attached hydrogens (primary N) is 1.